The molecule has 3 nitrogen and oxygen atoms in total. The second-order valence-electron chi connectivity index (χ2n) is 4.39. The predicted octanol–water partition coefficient (Wildman–Crippen LogP) is 1.93. The molecule has 0 saturated carbocycles. The van der Waals surface area contributed by atoms with Gasteiger partial charge in [0.25, 0.3) is 0 Å². The van der Waals surface area contributed by atoms with Crippen LogP contribution in [0.15, 0.2) is 18.2 Å². The Hall–Kier alpha value is -1.04. The molecule has 1 aromatic rings. The maximum atomic E-state index is 13.8. The van der Waals surface area contributed by atoms with Gasteiger partial charge in [0, 0.05) is 30.8 Å². The Morgan fingerprint density at radius 2 is 2.22 bits per heavy atom. The van der Waals surface area contributed by atoms with Gasteiger partial charge in [-0.3, -0.25) is 4.90 Å². The van der Waals surface area contributed by atoms with Crippen LogP contribution < -0.4 is 5.73 Å². The Morgan fingerprint density at radius 1 is 1.56 bits per heavy atom. The maximum Gasteiger partial charge on any atom is 0.128 e. The number of hydrogen-bond donors (Lipinski definition) is 1. The lowest BCUT2D eigenvalue weighted by molar-refractivity contribution is 0.111. The number of thiocarbonyl (C=S) groups is 1. The zero-order valence-electron chi connectivity index (χ0n) is 10.9. The fourth-order valence-corrected chi connectivity index (χ4v) is 1.75. The average Bonchev–Trinajstić information content (AvgIpc) is 2.31. The first-order valence-corrected chi connectivity index (χ1v) is 6.14. The highest BCUT2D eigenvalue weighted by molar-refractivity contribution is 7.80. The molecule has 2 N–H and O–H groups in total. The van der Waals surface area contributed by atoms with Crippen molar-refractivity contribution in [3.63, 3.8) is 0 Å². The molecule has 0 aliphatic carbocycles. The second-order valence-corrected chi connectivity index (χ2v) is 4.83. The second kappa shape index (κ2) is 6.78. The number of ether oxygens (including phenoxy) is 1. The number of methoxy groups -OCH3 is 1. The zero-order chi connectivity index (χ0) is 13.7. The minimum atomic E-state index is -0.281. The fraction of sp³-hybridized carbons (Fsp3) is 0.462. The van der Waals surface area contributed by atoms with Crippen molar-refractivity contribution in [2.75, 3.05) is 20.8 Å². The van der Waals surface area contributed by atoms with Crippen LogP contribution in [0, 0.1) is 5.82 Å². The van der Waals surface area contributed by atoms with E-state index >= 15 is 0 Å². The number of hydrogen-bond acceptors (Lipinski definition) is 3. The van der Waals surface area contributed by atoms with E-state index in [0.717, 1.165) is 0 Å². The minimum absolute atomic E-state index is 0.210. The average molecular weight is 270 g/mol. The first-order valence-electron chi connectivity index (χ1n) is 5.73. The van der Waals surface area contributed by atoms with E-state index in [2.05, 4.69) is 0 Å². The summed E-state index contributed by atoms with van der Waals surface area (Å²) in [5.74, 6) is -0.281. The first-order chi connectivity index (χ1) is 8.45. The molecule has 0 heterocycles. The quantitative estimate of drug-likeness (QED) is 0.802. The molecule has 18 heavy (non-hydrogen) atoms. The Kier molecular flexibility index (Phi) is 5.65. The monoisotopic (exact) mass is 270 g/mol. The molecule has 0 bridgehead atoms. The molecule has 1 atom stereocenters. The molecule has 0 amide bonds. The van der Waals surface area contributed by atoms with Crippen LogP contribution in [0.25, 0.3) is 0 Å². The number of halogens is 1. The molecule has 1 aromatic carbocycles. The van der Waals surface area contributed by atoms with Gasteiger partial charge in [-0.15, -0.1) is 0 Å². The summed E-state index contributed by atoms with van der Waals surface area (Å²) in [5.41, 5.74) is 6.64. The molecule has 0 aliphatic heterocycles. The fourth-order valence-electron chi connectivity index (χ4n) is 1.62. The van der Waals surface area contributed by atoms with Crippen molar-refractivity contribution in [1.29, 1.82) is 0 Å². The van der Waals surface area contributed by atoms with E-state index in [9.17, 15) is 4.39 Å². The molecule has 0 saturated heterocycles. The first kappa shape index (κ1) is 15.0. The Labute approximate surface area is 113 Å². The summed E-state index contributed by atoms with van der Waals surface area (Å²) >= 11 is 4.81. The van der Waals surface area contributed by atoms with Gasteiger partial charge in [-0.1, -0.05) is 24.4 Å². The van der Waals surface area contributed by atoms with Crippen LogP contribution in [0.2, 0.25) is 0 Å². The molecule has 100 valence electrons. The third kappa shape index (κ3) is 4.01. The third-order valence-corrected chi connectivity index (χ3v) is 3.15. The van der Waals surface area contributed by atoms with Crippen LogP contribution in [0.4, 0.5) is 4.39 Å². The van der Waals surface area contributed by atoms with E-state index in [1.54, 1.807) is 19.2 Å². The number of rotatable bonds is 6. The summed E-state index contributed by atoms with van der Waals surface area (Å²) in [6, 6.07) is 5.08. The van der Waals surface area contributed by atoms with Crippen LogP contribution in [0.5, 0.6) is 0 Å². The molecule has 1 unspecified atom stereocenters. The number of nitrogens with two attached hydrogens (primary N) is 1. The van der Waals surface area contributed by atoms with Crippen molar-refractivity contribution < 1.29 is 9.13 Å². The number of likely N-dealkylation sites (N-methyl/N-ethyl adjacent to an activating group) is 1. The molecule has 1 rings (SSSR count). The lowest BCUT2D eigenvalue weighted by Gasteiger charge is -2.24. The normalized spacial score (nSPS) is 12.7. The largest absolute Gasteiger partial charge is 0.389 e. The van der Waals surface area contributed by atoms with E-state index < -0.39 is 0 Å². The van der Waals surface area contributed by atoms with Crippen LogP contribution in [-0.4, -0.2) is 36.7 Å². The van der Waals surface area contributed by atoms with E-state index in [0.29, 0.717) is 24.3 Å². The molecule has 0 spiro atoms. The highest BCUT2D eigenvalue weighted by atomic mass is 32.1. The lowest BCUT2D eigenvalue weighted by atomic mass is 10.1. The van der Waals surface area contributed by atoms with Gasteiger partial charge in [0.1, 0.15) is 10.8 Å². The molecule has 0 fully saturated rings. The topological polar surface area (TPSA) is 38.5 Å². The van der Waals surface area contributed by atoms with E-state index in [4.69, 9.17) is 22.7 Å². The molecular formula is C13H19FN2OS. The Morgan fingerprint density at radius 3 is 2.72 bits per heavy atom. The van der Waals surface area contributed by atoms with Crippen molar-refractivity contribution in [2.45, 2.75) is 19.5 Å². The highest BCUT2D eigenvalue weighted by Gasteiger charge is 2.12. The van der Waals surface area contributed by atoms with Crippen molar-refractivity contribution >= 4 is 17.2 Å². The summed E-state index contributed by atoms with van der Waals surface area (Å²) in [6.45, 7) is 3.17. The Bertz CT molecular complexity index is 425. The SMILES string of the molecule is COCC(C)N(C)Cc1ccc(C(N)=S)cc1F. The summed E-state index contributed by atoms with van der Waals surface area (Å²) < 4.78 is 18.9. The zero-order valence-corrected chi connectivity index (χ0v) is 11.8. The molecule has 5 heteroatoms. The van der Waals surface area contributed by atoms with Crippen LogP contribution >= 0.6 is 12.2 Å². The van der Waals surface area contributed by atoms with E-state index in [1.165, 1.54) is 6.07 Å². The number of nitrogens with zero attached hydrogens (tertiary/aromatic N) is 1. The van der Waals surface area contributed by atoms with Crippen LogP contribution in [0.3, 0.4) is 0 Å². The summed E-state index contributed by atoms with van der Waals surface area (Å²) in [6.07, 6.45) is 0. The summed E-state index contributed by atoms with van der Waals surface area (Å²) in [7, 11) is 3.59. The Balaban J connectivity index is 2.76. The number of benzene rings is 1. The van der Waals surface area contributed by atoms with Crippen LogP contribution in [-0.2, 0) is 11.3 Å². The standard InChI is InChI=1S/C13H19FN2OS/c1-9(8-17-3)16(2)7-11-5-4-10(13(15)18)6-12(11)14/h4-6,9H,7-8H2,1-3H3,(H2,15,18). The molecular weight excluding hydrogens is 251 g/mol. The van der Waals surface area contributed by atoms with Crippen LogP contribution in [0.1, 0.15) is 18.1 Å². The van der Waals surface area contributed by atoms with Gasteiger partial charge in [0.2, 0.25) is 0 Å². The van der Waals surface area contributed by atoms with Gasteiger partial charge in [0.05, 0.1) is 6.61 Å². The van der Waals surface area contributed by atoms with Gasteiger partial charge >= 0.3 is 0 Å². The van der Waals surface area contributed by atoms with Crippen molar-refractivity contribution in [2.24, 2.45) is 5.73 Å². The third-order valence-electron chi connectivity index (χ3n) is 2.92. The van der Waals surface area contributed by atoms with E-state index in [1.807, 2.05) is 18.9 Å². The lowest BCUT2D eigenvalue weighted by Crippen LogP contribution is -2.32. The van der Waals surface area contributed by atoms with Crippen molar-refractivity contribution in [3.05, 3.63) is 35.1 Å². The van der Waals surface area contributed by atoms with Gasteiger partial charge in [-0.2, -0.15) is 0 Å². The summed E-state index contributed by atoms with van der Waals surface area (Å²) in [5, 5.41) is 0. The van der Waals surface area contributed by atoms with Gasteiger partial charge in [-0.05, 0) is 20.0 Å². The van der Waals surface area contributed by atoms with Gasteiger partial charge < -0.3 is 10.5 Å². The van der Waals surface area contributed by atoms with Gasteiger partial charge in [-0.25, -0.2) is 4.39 Å². The van der Waals surface area contributed by atoms with Crippen molar-refractivity contribution in [3.8, 4) is 0 Å². The molecule has 0 aliphatic rings. The summed E-state index contributed by atoms with van der Waals surface area (Å²) in [4.78, 5) is 2.24. The predicted molar refractivity (Wildman–Crippen MR) is 75.1 cm³/mol. The minimum Gasteiger partial charge on any atom is -0.389 e. The molecule has 0 radical (unpaired) electrons. The highest BCUT2D eigenvalue weighted by Crippen LogP contribution is 2.13. The smallest absolute Gasteiger partial charge is 0.128 e. The van der Waals surface area contributed by atoms with E-state index in [-0.39, 0.29) is 16.8 Å². The molecule has 0 aromatic heterocycles. The maximum absolute atomic E-state index is 13.8. The van der Waals surface area contributed by atoms with Crippen molar-refractivity contribution in [1.82, 2.24) is 4.90 Å². The van der Waals surface area contributed by atoms with Gasteiger partial charge in [0.15, 0.2) is 0 Å².